The van der Waals surface area contributed by atoms with Crippen LogP contribution in [0.4, 0.5) is 0 Å². The maximum atomic E-state index is 2.53. The second kappa shape index (κ2) is 10.7. The van der Waals surface area contributed by atoms with Gasteiger partial charge < -0.3 is 24.8 Å². The molecule has 0 atom stereocenters. The second-order valence-electron chi connectivity index (χ2n) is 9.57. The Hall–Kier alpha value is -0.443. The van der Waals surface area contributed by atoms with E-state index in [4.69, 9.17) is 0 Å². The predicted octanol–water partition coefficient (Wildman–Crippen LogP) is 0.502. The van der Waals surface area contributed by atoms with Crippen molar-refractivity contribution < 1.29 is 51.0 Å². The summed E-state index contributed by atoms with van der Waals surface area (Å²) in [7, 11) is -1.91. The Balaban J connectivity index is 0.000000201. The van der Waals surface area contributed by atoms with Crippen LogP contribution in [0.25, 0.3) is 21.5 Å². The molecule has 5 heteroatoms. The molecule has 4 aromatic carbocycles. The van der Waals surface area contributed by atoms with Gasteiger partial charge in [-0.1, -0.05) is 62.2 Å². The van der Waals surface area contributed by atoms with Crippen molar-refractivity contribution in [1.82, 2.24) is 0 Å². The molecule has 31 heavy (non-hydrogen) atoms. The number of hydrogen-bond acceptors (Lipinski definition) is 0. The van der Waals surface area contributed by atoms with Crippen LogP contribution in [-0.4, -0.2) is 16.1 Å². The molecule has 0 aliphatic carbocycles. The molecule has 2 heterocycles. The van der Waals surface area contributed by atoms with Crippen LogP contribution < -0.4 is 35.2 Å². The van der Waals surface area contributed by atoms with E-state index in [2.05, 4.69) is 85.9 Å². The molecule has 0 spiro atoms. The molecule has 0 N–H and O–H groups in total. The van der Waals surface area contributed by atoms with Crippen LogP contribution in [0, 0.1) is 0 Å². The first kappa shape index (κ1) is 26.8. The Morgan fingerprint density at radius 1 is 0.613 bits per heavy atom. The normalized spacial score (nSPS) is 17.6. The molecule has 160 valence electrons. The van der Waals surface area contributed by atoms with Gasteiger partial charge in [-0.3, -0.25) is 0 Å². The van der Waals surface area contributed by atoms with E-state index >= 15 is 0 Å². The average molecular weight is 561 g/mol. The third kappa shape index (κ3) is 5.22. The molecular weight excluding hydrogens is 531 g/mol. The summed E-state index contributed by atoms with van der Waals surface area (Å²) in [4.78, 5) is 0. The third-order valence-corrected chi connectivity index (χ3v) is 16.7. The molecule has 2 aliphatic rings. The zero-order chi connectivity index (χ0) is 19.2. The van der Waals surface area contributed by atoms with E-state index in [1.807, 2.05) is 0 Å². The van der Waals surface area contributed by atoms with Gasteiger partial charge in [-0.15, -0.1) is 69.7 Å². The zero-order valence-corrected chi connectivity index (χ0v) is 24.4. The largest absolute Gasteiger partial charge is 4.00 e. The van der Waals surface area contributed by atoms with Gasteiger partial charge in [0.05, 0.1) is 16.1 Å². The summed E-state index contributed by atoms with van der Waals surface area (Å²) in [6, 6.07) is 33.2. The van der Waals surface area contributed by atoms with Crippen molar-refractivity contribution in [3.63, 3.8) is 0 Å². The van der Waals surface area contributed by atoms with E-state index in [0.29, 0.717) is 0 Å². The summed E-state index contributed by atoms with van der Waals surface area (Å²) < 4.78 is 0. The van der Waals surface area contributed by atoms with Gasteiger partial charge in [-0.25, -0.2) is 0 Å². The summed E-state index contributed by atoms with van der Waals surface area (Å²) in [5, 5.41) is 9.10. The Kier molecular flexibility index (Phi) is 9.22. The van der Waals surface area contributed by atoms with Crippen molar-refractivity contribution in [2.75, 3.05) is 0 Å². The van der Waals surface area contributed by atoms with Crippen molar-refractivity contribution in [2.24, 2.45) is 0 Å². The molecule has 6 rings (SSSR count). The number of halogens is 2. The van der Waals surface area contributed by atoms with Gasteiger partial charge in [-0.05, 0) is 0 Å². The summed E-state index contributed by atoms with van der Waals surface area (Å²) >= 11 is 0. The molecule has 4 aromatic rings. The monoisotopic (exact) mass is 558 g/mol. The van der Waals surface area contributed by atoms with Crippen LogP contribution in [0.15, 0.2) is 72.8 Å². The molecule has 2 aliphatic heterocycles. The van der Waals surface area contributed by atoms with Gasteiger partial charge >= 0.3 is 26.2 Å². The molecule has 0 amide bonds. The maximum Gasteiger partial charge on any atom is 4.00 e. The standard InChI is InChI=1S/2C13H15Si.2ClH.Zr/c2*1-14(7-4-8-14)13-9-11-5-2-3-6-12(11)10-13;;;/h2*2-3,5-6,9-10H,4,7-8H2,1H3;2*1H;/q2*-1;;;+4/p-2. The first-order chi connectivity index (χ1) is 13.6. The minimum atomic E-state index is -0.956. The topological polar surface area (TPSA) is 0 Å². The molecule has 0 bridgehead atoms. The van der Waals surface area contributed by atoms with E-state index in [0.717, 1.165) is 0 Å². The van der Waals surface area contributed by atoms with Crippen molar-refractivity contribution in [3.8, 4) is 0 Å². The van der Waals surface area contributed by atoms with Gasteiger partial charge in [0.1, 0.15) is 0 Å². The summed E-state index contributed by atoms with van der Waals surface area (Å²) in [6.45, 7) is 5.06. The number of fused-ring (bicyclic) bond motifs is 2. The van der Waals surface area contributed by atoms with Crippen molar-refractivity contribution in [1.29, 1.82) is 0 Å². The van der Waals surface area contributed by atoms with Crippen LogP contribution in [-0.2, 0) is 26.2 Å². The number of benzene rings is 2. The summed E-state index contributed by atoms with van der Waals surface area (Å²) in [6.07, 6.45) is 2.93. The Morgan fingerprint density at radius 2 is 0.968 bits per heavy atom. The molecule has 0 nitrogen and oxygen atoms in total. The fraction of sp³-hybridized carbons (Fsp3) is 0.308. The maximum absolute atomic E-state index is 2.53. The summed E-state index contributed by atoms with van der Waals surface area (Å²) in [5.41, 5.74) is 0. The van der Waals surface area contributed by atoms with Crippen LogP contribution in [0.5, 0.6) is 0 Å². The third-order valence-electron chi connectivity index (χ3n) is 7.54. The van der Waals surface area contributed by atoms with Gasteiger partial charge in [0.25, 0.3) is 0 Å². The second-order valence-corrected chi connectivity index (χ2v) is 19.0. The van der Waals surface area contributed by atoms with E-state index in [9.17, 15) is 0 Å². The molecule has 0 aromatic heterocycles. The quantitative estimate of drug-likeness (QED) is 0.248. The molecule has 2 saturated heterocycles. The SMILES string of the molecule is C[Si]1(c2cc3ccccc3[cH-]2)CCC1.C[Si]1(c2cc3ccccc3[cH-]2)CCC1.[Cl-].[Cl-].[Zr+4]. The van der Waals surface area contributed by atoms with Crippen molar-refractivity contribution in [2.45, 2.75) is 50.1 Å². The van der Waals surface area contributed by atoms with Gasteiger partial charge in [0.15, 0.2) is 0 Å². The minimum absolute atomic E-state index is 0. The van der Waals surface area contributed by atoms with E-state index in [1.54, 1.807) is 10.4 Å². The molecule has 0 radical (unpaired) electrons. The Labute approximate surface area is 220 Å². The molecule has 0 unspecified atom stereocenters. The minimum Gasteiger partial charge on any atom is -1.00 e. The van der Waals surface area contributed by atoms with Crippen LogP contribution >= 0.6 is 0 Å². The zero-order valence-electron chi connectivity index (χ0n) is 18.4. The van der Waals surface area contributed by atoms with E-state index in [-0.39, 0.29) is 51.0 Å². The fourth-order valence-corrected chi connectivity index (χ4v) is 11.0. The fourth-order valence-electron chi connectivity index (χ4n) is 4.99. The summed E-state index contributed by atoms with van der Waals surface area (Å²) in [5.74, 6) is 0. The molecule has 2 fully saturated rings. The Morgan fingerprint density at radius 3 is 1.26 bits per heavy atom. The van der Waals surface area contributed by atoms with Crippen molar-refractivity contribution >= 4 is 48.1 Å². The average Bonchev–Trinajstić information content (AvgIpc) is 3.29. The van der Waals surface area contributed by atoms with Crippen LogP contribution in [0.2, 0.25) is 37.3 Å². The van der Waals surface area contributed by atoms with Crippen LogP contribution in [0.1, 0.15) is 12.8 Å². The number of rotatable bonds is 2. The van der Waals surface area contributed by atoms with Crippen LogP contribution in [0.3, 0.4) is 0 Å². The number of hydrogen-bond donors (Lipinski definition) is 0. The molecule has 0 saturated carbocycles. The van der Waals surface area contributed by atoms with Gasteiger partial charge in [-0.2, -0.15) is 22.9 Å². The van der Waals surface area contributed by atoms with Gasteiger partial charge in [0.2, 0.25) is 0 Å². The Bertz CT molecular complexity index is 967. The van der Waals surface area contributed by atoms with E-state index < -0.39 is 16.1 Å². The predicted molar refractivity (Wildman–Crippen MR) is 130 cm³/mol. The van der Waals surface area contributed by atoms with Crippen molar-refractivity contribution in [3.05, 3.63) is 72.8 Å². The smallest absolute Gasteiger partial charge is 1.00 e. The van der Waals surface area contributed by atoms with Gasteiger partial charge in [0, 0.05) is 0 Å². The first-order valence-corrected chi connectivity index (χ1v) is 16.7. The molecular formula is C26H30Cl2Si2Zr. The first-order valence-electron chi connectivity index (χ1n) is 10.9. The van der Waals surface area contributed by atoms with E-state index in [1.165, 1.54) is 58.6 Å².